The van der Waals surface area contributed by atoms with Crippen molar-refractivity contribution in [1.82, 2.24) is 5.32 Å². The molecule has 8 heteroatoms. The standard InChI is InChI=1S/C22H26BNO6/c1-21(2)22(3,4)30-23(29-21)19-17(13-25)11-8-12-18(19)28-15-24-20(26)27-14-16-9-6-5-7-10-16/h5-13H,14-15H2,1-4H3,(H,24,26). The molecule has 0 radical (unpaired) electrons. The Balaban J connectivity index is 1.64. The molecule has 1 amide bonds. The maximum absolute atomic E-state index is 11.9. The van der Waals surface area contributed by atoms with Gasteiger partial charge in [0.1, 0.15) is 18.6 Å². The van der Waals surface area contributed by atoms with E-state index in [0.29, 0.717) is 16.8 Å². The molecule has 0 aliphatic carbocycles. The van der Waals surface area contributed by atoms with Crippen LogP contribution in [0, 0.1) is 0 Å². The molecule has 0 unspecified atom stereocenters. The van der Waals surface area contributed by atoms with Crippen LogP contribution in [-0.2, 0) is 20.7 Å². The van der Waals surface area contributed by atoms with Gasteiger partial charge in [0.05, 0.1) is 11.2 Å². The van der Waals surface area contributed by atoms with Crippen molar-refractivity contribution >= 4 is 25.0 Å². The molecule has 0 saturated carbocycles. The van der Waals surface area contributed by atoms with Crippen LogP contribution in [0.25, 0.3) is 0 Å². The van der Waals surface area contributed by atoms with Crippen molar-refractivity contribution in [1.29, 1.82) is 0 Å². The first-order valence-corrected chi connectivity index (χ1v) is 9.74. The van der Waals surface area contributed by atoms with Crippen LogP contribution < -0.4 is 15.5 Å². The van der Waals surface area contributed by atoms with Crippen molar-refractivity contribution < 1.29 is 28.4 Å². The molecule has 1 heterocycles. The first kappa shape index (κ1) is 21.9. The molecular weight excluding hydrogens is 385 g/mol. The van der Waals surface area contributed by atoms with Gasteiger partial charge in [-0.1, -0.05) is 42.5 Å². The van der Waals surface area contributed by atoms with E-state index in [-0.39, 0.29) is 13.3 Å². The van der Waals surface area contributed by atoms with Crippen LogP contribution in [-0.4, -0.2) is 37.4 Å². The van der Waals surface area contributed by atoms with Gasteiger partial charge in [-0.3, -0.25) is 10.1 Å². The number of nitrogens with one attached hydrogen (secondary N) is 1. The summed E-state index contributed by atoms with van der Waals surface area (Å²) in [5.41, 5.74) is 0.646. The highest BCUT2D eigenvalue weighted by molar-refractivity contribution is 6.64. The summed E-state index contributed by atoms with van der Waals surface area (Å²) in [5.74, 6) is 0.390. The van der Waals surface area contributed by atoms with Crippen molar-refractivity contribution in [3.63, 3.8) is 0 Å². The second-order valence-corrected chi connectivity index (χ2v) is 7.99. The van der Waals surface area contributed by atoms with Crippen LogP contribution >= 0.6 is 0 Å². The van der Waals surface area contributed by atoms with Crippen molar-refractivity contribution in [2.24, 2.45) is 0 Å². The monoisotopic (exact) mass is 411 g/mol. The van der Waals surface area contributed by atoms with Gasteiger partial charge in [-0.2, -0.15) is 0 Å². The molecule has 1 aliphatic heterocycles. The third kappa shape index (κ3) is 4.83. The first-order chi connectivity index (χ1) is 14.2. The number of carbonyl (C=O) groups is 2. The number of alkyl carbamates (subject to hydrolysis) is 1. The van der Waals surface area contributed by atoms with Gasteiger partial charge in [-0.15, -0.1) is 0 Å². The molecule has 1 aliphatic rings. The molecule has 1 N–H and O–H groups in total. The second-order valence-electron chi connectivity index (χ2n) is 7.99. The summed E-state index contributed by atoms with van der Waals surface area (Å²) < 4.78 is 23.0. The van der Waals surface area contributed by atoms with Crippen molar-refractivity contribution in [3.05, 3.63) is 59.7 Å². The Kier molecular flexibility index (Phi) is 6.48. The zero-order valence-electron chi connectivity index (χ0n) is 17.6. The van der Waals surface area contributed by atoms with E-state index in [0.717, 1.165) is 11.8 Å². The maximum atomic E-state index is 11.9. The van der Waals surface area contributed by atoms with Crippen LogP contribution in [0.5, 0.6) is 5.75 Å². The fraction of sp³-hybridized carbons (Fsp3) is 0.364. The van der Waals surface area contributed by atoms with Crippen molar-refractivity contribution in [2.45, 2.75) is 45.5 Å². The lowest BCUT2D eigenvalue weighted by Crippen LogP contribution is -2.41. The van der Waals surface area contributed by atoms with Gasteiger partial charge in [-0.25, -0.2) is 4.79 Å². The van der Waals surface area contributed by atoms with E-state index in [1.807, 2.05) is 58.0 Å². The minimum atomic E-state index is -0.767. The third-order valence-corrected chi connectivity index (χ3v) is 5.37. The summed E-state index contributed by atoms with van der Waals surface area (Å²) >= 11 is 0. The van der Waals surface area contributed by atoms with E-state index in [2.05, 4.69) is 5.32 Å². The molecule has 0 atom stereocenters. The Morgan fingerprint density at radius 1 is 1.03 bits per heavy atom. The van der Waals surface area contributed by atoms with Gasteiger partial charge < -0.3 is 18.8 Å². The van der Waals surface area contributed by atoms with Gasteiger partial charge in [0, 0.05) is 11.0 Å². The number of hydrogen-bond donors (Lipinski definition) is 1. The summed E-state index contributed by atoms with van der Waals surface area (Å²) in [6.45, 7) is 7.75. The molecule has 0 spiro atoms. The average molecular weight is 411 g/mol. The zero-order valence-corrected chi connectivity index (χ0v) is 17.6. The summed E-state index contributed by atoms with van der Waals surface area (Å²) in [6, 6.07) is 14.4. The van der Waals surface area contributed by atoms with E-state index >= 15 is 0 Å². The quantitative estimate of drug-likeness (QED) is 0.429. The van der Waals surface area contributed by atoms with Crippen LogP contribution in [0.1, 0.15) is 43.6 Å². The molecule has 1 fully saturated rings. The minimum absolute atomic E-state index is 0.136. The molecule has 2 aromatic carbocycles. The number of ether oxygens (including phenoxy) is 2. The summed E-state index contributed by atoms with van der Waals surface area (Å²) in [7, 11) is -0.767. The summed E-state index contributed by atoms with van der Waals surface area (Å²) in [5, 5.41) is 2.54. The molecule has 7 nitrogen and oxygen atoms in total. The highest BCUT2D eigenvalue weighted by Crippen LogP contribution is 2.37. The number of rotatable bonds is 7. The first-order valence-electron chi connectivity index (χ1n) is 9.74. The second kappa shape index (κ2) is 8.89. The number of carbonyl (C=O) groups excluding carboxylic acids is 2. The van der Waals surface area contributed by atoms with Gasteiger partial charge in [0.15, 0.2) is 6.73 Å². The number of aldehydes is 1. The Hall–Kier alpha value is -2.84. The average Bonchev–Trinajstić information content (AvgIpc) is 2.93. The molecule has 0 bridgehead atoms. The largest absolute Gasteiger partial charge is 0.499 e. The van der Waals surface area contributed by atoms with Crippen molar-refractivity contribution in [2.75, 3.05) is 6.73 Å². The van der Waals surface area contributed by atoms with E-state index in [1.54, 1.807) is 18.2 Å². The number of hydrogen-bond acceptors (Lipinski definition) is 6. The van der Waals surface area contributed by atoms with Crippen LogP contribution in [0.15, 0.2) is 48.5 Å². The minimum Gasteiger partial charge on any atom is -0.473 e. The molecule has 1 saturated heterocycles. The normalized spacial score (nSPS) is 16.7. The van der Waals surface area contributed by atoms with E-state index in [4.69, 9.17) is 18.8 Å². The molecular formula is C22H26BNO6. The highest BCUT2D eigenvalue weighted by Gasteiger charge is 2.53. The van der Waals surface area contributed by atoms with Gasteiger partial charge in [-0.05, 0) is 39.3 Å². The fourth-order valence-electron chi connectivity index (χ4n) is 2.95. The van der Waals surface area contributed by atoms with Gasteiger partial charge in [0.2, 0.25) is 0 Å². The lowest BCUT2D eigenvalue weighted by atomic mass is 9.75. The molecule has 2 aromatic rings. The molecule has 30 heavy (non-hydrogen) atoms. The Morgan fingerprint density at radius 2 is 1.70 bits per heavy atom. The Labute approximate surface area is 176 Å². The predicted octanol–water partition coefficient (Wildman–Crippen LogP) is 3.06. The Morgan fingerprint density at radius 3 is 2.33 bits per heavy atom. The molecule has 158 valence electrons. The van der Waals surface area contributed by atoms with E-state index in [9.17, 15) is 9.59 Å². The van der Waals surface area contributed by atoms with Gasteiger partial charge >= 0.3 is 13.2 Å². The molecule has 0 aromatic heterocycles. The SMILES string of the molecule is CC1(C)OB(c2c(C=O)cccc2OCNC(=O)OCc2ccccc2)OC1(C)C. The maximum Gasteiger partial charge on any atom is 0.499 e. The summed E-state index contributed by atoms with van der Waals surface area (Å²) in [4.78, 5) is 23.5. The topological polar surface area (TPSA) is 83.1 Å². The summed E-state index contributed by atoms with van der Waals surface area (Å²) in [6.07, 6.45) is 0.122. The van der Waals surface area contributed by atoms with Crippen LogP contribution in [0.3, 0.4) is 0 Å². The smallest absolute Gasteiger partial charge is 0.473 e. The Bertz CT molecular complexity index is 884. The van der Waals surface area contributed by atoms with Gasteiger partial charge in [0.25, 0.3) is 0 Å². The van der Waals surface area contributed by atoms with E-state index in [1.165, 1.54) is 0 Å². The lowest BCUT2D eigenvalue weighted by Gasteiger charge is -2.32. The lowest BCUT2D eigenvalue weighted by molar-refractivity contribution is 0.00578. The van der Waals surface area contributed by atoms with E-state index < -0.39 is 24.4 Å². The zero-order chi connectivity index (χ0) is 21.8. The predicted molar refractivity (Wildman–Crippen MR) is 113 cm³/mol. The third-order valence-electron chi connectivity index (χ3n) is 5.37. The molecule has 3 rings (SSSR count). The fourth-order valence-corrected chi connectivity index (χ4v) is 2.95. The number of amides is 1. The van der Waals surface area contributed by atoms with Crippen molar-refractivity contribution in [3.8, 4) is 5.75 Å². The van der Waals surface area contributed by atoms with Crippen LogP contribution in [0.4, 0.5) is 4.79 Å². The highest BCUT2D eigenvalue weighted by atomic mass is 16.7. The van der Waals surface area contributed by atoms with Crippen LogP contribution in [0.2, 0.25) is 0 Å². The number of benzene rings is 2.